The number of aryl methyl sites for hydroxylation is 2. The predicted molar refractivity (Wildman–Crippen MR) is 179 cm³/mol. The fraction of sp³-hybridized carbons (Fsp3) is 0.425. The Morgan fingerprint density at radius 3 is 2.17 bits per heavy atom. The molecule has 46 heavy (non-hydrogen) atoms. The van der Waals surface area contributed by atoms with Crippen LogP contribution in [0.5, 0.6) is 11.5 Å². The number of ether oxygens (including phenoxy) is 2. The van der Waals surface area contributed by atoms with Crippen molar-refractivity contribution < 1.29 is 48.9 Å². The van der Waals surface area contributed by atoms with Gasteiger partial charge in [0.05, 0.1) is 12.6 Å². The molecule has 0 amide bonds. The summed E-state index contributed by atoms with van der Waals surface area (Å²) in [6.45, 7) is 6.10. The molecule has 5 rings (SSSR count). The van der Waals surface area contributed by atoms with Crippen LogP contribution < -0.4 is 44.1 Å². The van der Waals surface area contributed by atoms with Gasteiger partial charge in [-0.15, -0.1) is 0 Å². The number of hydrogen-bond acceptors (Lipinski definition) is 4. The molecule has 0 N–H and O–H groups in total. The van der Waals surface area contributed by atoms with Crippen LogP contribution in [-0.4, -0.2) is 23.2 Å². The summed E-state index contributed by atoms with van der Waals surface area (Å²) in [5.41, 5.74) is 5.56. The number of nitrogens with zero attached hydrogens (tertiary/aromatic N) is 1. The van der Waals surface area contributed by atoms with Crippen molar-refractivity contribution in [1.82, 2.24) is 4.57 Å². The van der Waals surface area contributed by atoms with E-state index in [1.807, 2.05) is 54.6 Å². The van der Waals surface area contributed by atoms with Crippen molar-refractivity contribution >= 4 is 5.97 Å². The molecule has 1 fully saturated rings. The van der Waals surface area contributed by atoms with E-state index in [4.69, 9.17) is 9.47 Å². The average Bonchev–Trinajstić information content (AvgIpc) is 3.44. The van der Waals surface area contributed by atoms with Gasteiger partial charge in [-0.05, 0) is 103 Å². The minimum absolute atomic E-state index is 0. The summed E-state index contributed by atoms with van der Waals surface area (Å²) in [7, 11) is 0. The molecule has 0 radical (unpaired) electrons. The van der Waals surface area contributed by atoms with Crippen molar-refractivity contribution in [3.05, 3.63) is 108 Å². The first-order valence-corrected chi connectivity index (χ1v) is 16.9. The van der Waals surface area contributed by atoms with E-state index in [1.165, 1.54) is 62.6 Å². The zero-order valence-corrected chi connectivity index (χ0v) is 30.0. The van der Waals surface area contributed by atoms with Gasteiger partial charge in [-0.25, -0.2) is 0 Å². The number of rotatable bonds is 16. The Hall–Kier alpha value is -2.99. The first-order valence-electron chi connectivity index (χ1n) is 16.9. The molecule has 1 aromatic heterocycles. The van der Waals surface area contributed by atoms with E-state index in [1.54, 1.807) is 0 Å². The second kappa shape index (κ2) is 18.4. The second-order valence-electron chi connectivity index (χ2n) is 12.7. The second-order valence-corrected chi connectivity index (χ2v) is 12.7. The van der Waals surface area contributed by atoms with Gasteiger partial charge in [-0.3, -0.25) is 0 Å². The van der Waals surface area contributed by atoms with Gasteiger partial charge in [-0.1, -0.05) is 87.9 Å². The number of hydrogen-bond donors (Lipinski definition) is 0. The molecule has 0 spiro atoms. The normalized spacial score (nSPS) is 16.7. The average molecular weight is 630 g/mol. The van der Waals surface area contributed by atoms with Gasteiger partial charge in [0.15, 0.2) is 0 Å². The summed E-state index contributed by atoms with van der Waals surface area (Å²) >= 11 is 0. The Kier molecular flexibility index (Phi) is 14.3. The quantitative estimate of drug-likeness (QED) is 0.126. The summed E-state index contributed by atoms with van der Waals surface area (Å²) in [4.78, 5) is 11.7. The smallest absolute Gasteiger partial charge is 0.546 e. The molecule has 4 aromatic rings. The Bertz CT molecular complexity index is 1460. The first kappa shape index (κ1) is 35.9. The molecule has 0 aliphatic heterocycles. The Balaban J connectivity index is 0.00000480. The van der Waals surface area contributed by atoms with E-state index in [0.29, 0.717) is 11.7 Å². The van der Waals surface area contributed by atoms with Crippen LogP contribution in [0.1, 0.15) is 75.1 Å². The van der Waals surface area contributed by atoms with Gasteiger partial charge in [0.1, 0.15) is 17.6 Å². The van der Waals surface area contributed by atoms with Crippen LogP contribution in [0.15, 0.2) is 91.0 Å². The number of carbonyl (C=O) groups excluding carboxylic acids is 1. The maximum Gasteiger partial charge on any atom is 1.00 e. The standard InChI is InChI=1S/C40H49NO4.Na/c1-3-4-6-9-31-13-15-34(16-14-31)29-44-36-21-17-32(18-22-36)26-27-41-30(2)12-25-38(41)35-19-23-37(24-20-35)45-39(40(42)43)28-33-10-7-5-8-11-33;/h5,7-8,10-12,17-25,31,34,39H,3-4,6,9,13-16,26-29H2,1-2H3,(H,42,43);/q;+1/p-1/t31?,34?,39-;/m1./s1. The van der Waals surface area contributed by atoms with Crippen LogP contribution in [0.4, 0.5) is 0 Å². The zero-order valence-electron chi connectivity index (χ0n) is 28.0. The number of aliphatic carboxylic acids is 1. The fourth-order valence-corrected chi connectivity index (χ4v) is 6.57. The van der Waals surface area contributed by atoms with Crippen LogP contribution in [0.3, 0.4) is 0 Å². The molecule has 5 nitrogen and oxygen atoms in total. The number of aromatic nitrogens is 1. The van der Waals surface area contributed by atoms with E-state index in [-0.39, 0.29) is 36.0 Å². The third-order valence-corrected chi connectivity index (χ3v) is 9.37. The van der Waals surface area contributed by atoms with Gasteiger partial charge in [0, 0.05) is 24.4 Å². The number of benzene rings is 3. The molecule has 6 heteroatoms. The predicted octanol–water partition coefficient (Wildman–Crippen LogP) is 5.22. The van der Waals surface area contributed by atoms with Gasteiger partial charge < -0.3 is 23.9 Å². The Morgan fingerprint density at radius 2 is 1.50 bits per heavy atom. The van der Waals surface area contributed by atoms with Gasteiger partial charge in [-0.2, -0.15) is 0 Å². The number of carboxylic acids is 1. The molecule has 1 atom stereocenters. The van der Waals surface area contributed by atoms with Gasteiger partial charge >= 0.3 is 29.6 Å². The van der Waals surface area contributed by atoms with Crippen LogP contribution in [0.2, 0.25) is 0 Å². The van der Waals surface area contributed by atoms with Crippen LogP contribution in [-0.2, 0) is 24.2 Å². The first-order chi connectivity index (χ1) is 22.0. The van der Waals surface area contributed by atoms with E-state index in [0.717, 1.165) is 48.1 Å². The molecule has 1 aliphatic carbocycles. The van der Waals surface area contributed by atoms with Crippen LogP contribution >= 0.6 is 0 Å². The fourth-order valence-electron chi connectivity index (χ4n) is 6.57. The van der Waals surface area contributed by atoms with E-state index >= 15 is 0 Å². The molecule has 0 saturated heterocycles. The Morgan fingerprint density at radius 1 is 0.826 bits per heavy atom. The molecule has 1 aliphatic rings. The summed E-state index contributed by atoms with van der Waals surface area (Å²) in [5.74, 6) is 1.88. The van der Waals surface area contributed by atoms with Crippen molar-refractivity contribution in [2.45, 2.75) is 90.7 Å². The van der Waals surface area contributed by atoms with E-state index < -0.39 is 12.1 Å². The summed E-state index contributed by atoms with van der Waals surface area (Å²) in [6.07, 6.45) is 11.0. The Labute approximate surface area is 297 Å². The molecular weight excluding hydrogens is 581 g/mol. The maximum atomic E-state index is 11.7. The molecular formula is C40H48NNaO4. The number of unbranched alkanes of at least 4 members (excludes halogenated alkanes) is 2. The maximum absolute atomic E-state index is 11.7. The molecule has 1 heterocycles. The monoisotopic (exact) mass is 629 g/mol. The minimum Gasteiger partial charge on any atom is -0.546 e. The number of carbonyl (C=O) groups is 1. The van der Waals surface area contributed by atoms with Gasteiger partial charge in [0.2, 0.25) is 0 Å². The van der Waals surface area contributed by atoms with Crippen molar-refractivity contribution in [1.29, 1.82) is 0 Å². The SMILES string of the molecule is CCCCCC1CCC(COc2ccc(CCn3c(C)ccc3-c3ccc(O[C@H](Cc4ccccc4)C(=O)[O-])cc3)cc2)CC1.[Na+]. The minimum atomic E-state index is -1.22. The van der Waals surface area contributed by atoms with E-state index in [2.05, 4.69) is 54.8 Å². The topological polar surface area (TPSA) is 63.5 Å². The number of carboxylic acid groups (broad SMARTS) is 1. The van der Waals surface area contributed by atoms with Crippen molar-refractivity contribution in [3.8, 4) is 22.8 Å². The summed E-state index contributed by atoms with van der Waals surface area (Å²) in [6, 6.07) is 30.0. The van der Waals surface area contributed by atoms with Crippen molar-refractivity contribution in [3.63, 3.8) is 0 Å². The molecule has 3 aromatic carbocycles. The van der Waals surface area contributed by atoms with E-state index in [9.17, 15) is 9.90 Å². The third kappa shape index (κ3) is 10.5. The zero-order chi connectivity index (χ0) is 31.4. The van der Waals surface area contributed by atoms with Crippen LogP contribution in [0.25, 0.3) is 11.3 Å². The van der Waals surface area contributed by atoms with Gasteiger partial charge in [0.25, 0.3) is 0 Å². The molecule has 0 unspecified atom stereocenters. The van der Waals surface area contributed by atoms with Crippen molar-refractivity contribution in [2.75, 3.05) is 6.61 Å². The summed E-state index contributed by atoms with van der Waals surface area (Å²) < 4.78 is 14.4. The molecule has 0 bridgehead atoms. The third-order valence-electron chi connectivity index (χ3n) is 9.37. The summed E-state index contributed by atoms with van der Waals surface area (Å²) in [5, 5.41) is 11.7. The molecule has 1 saturated carbocycles. The molecule has 238 valence electrons. The largest absolute Gasteiger partial charge is 1.00 e. The van der Waals surface area contributed by atoms with Crippen molar-refractivity contribution in [2.24, 2.45) is 11.8 Å². The van der Waals surface area contributed by atoms with Crippen LogP contribution in [0, 0.1) is 18.8 Å².